The minimum atomic E-state index is -2.80. The average molecular weight is 299 g/mol. The zero-order chi connectivity index (χ0) is 16.6. The van der Waals surface area contributed by atoms with Gasteiger partial charge >= 0.3 is 6.55 Å². The van der Waals surface area contributed by atoms with Crippen molar-refractivity contribution in [1.82, 2.24) is 9.80 Å². The molecular weight excluding hydrogens is 279 g/mol. The predicted octanol–water partition coefficient (Wildman–Crippen LogP) is 4.07. The van der Waals surface area contributed by atoms with E-state index in [0.29, 0.717) is 4.90 Å². The topological polar surface area (TPSA) is 18.8 Å². The van der Waals surface area contributed by atoms with Crippen molar-refractivity contribution in [3.63, 3.8) is 0 Å². The lowest BCUT2D eigenvalue weighted by Gasteiger charge is -2.25. The third kappa shape index (κ3) is 5.72. The van der Waals surface area contributed by atoms with Crippen molar-refractivity contribution >= 4 is 5.97 Å². The minimum Gasteiger partial charge on any atom is -0.370 e. The van der Waals surface area contributed by atoms with Gasteiger partial charge in [-0.3, -0.25) is 4.90 Å². The van der Waals surface area contributed by atoms with Crippen molar-refractivity contribution < 1.29 is 13.2 Å². The molecule has 0 heterocycles. The molecule has 1 atom stereocenters. The van der Waals surface area contributed by atoms with E-state index in [2.05, 4.69) is 31.3 Å². The van der Waals surface area contributed by atoms with Gasteiger partial charge in [-0.1, -0.05) is 26.3 Å². The van der Waals surface area contributed by atoms with Crippen LogP contribution in [0, 0.1) is 0 Å². The van der Waals surface area contributed by atoms with E-state index in [1.54, 1.807) is 14.0 Å². The Labute approximate surface area is 123 Å². The molecular formula is C15H20F3N3. The first-order valence-electron chi connectivity index (χ1n) is 6.08. The van der Waals surface area contributed by atoms with Crippen LogP contribution in [0.5, 0.6) is 0 Å². The summed E-state index contributed by atoms with van der Waals surface area (Å²) in [4.78, 5) is 5.52. The number of alkyl halides is 2. The second-order valence-electron chi connectivity index (χ2n) is 4.13. The number of nitrogens with zero attached hydrogens (tertiary/aromatic N) is 3. The number of aliphatic imine (C=N–C) groups is 1. The molecule has 0 aromatic heterocycles. The van der Waals surface area contributed by atoms with Crippen LogP contribution in [0.2, 0.25) is 0 Å². The van der Waals surface area contributed by atoms with Crippen molar-refractivity contribution in [3.8, 4) is 0 Å². The van der Waals surface area contributed by atoms with Crippen LogP contribution in [0.4, 0.5) is 13.2 Å². The van der Waals surface area contributed by atoms with E-state index in [4.69, 9.17) is 0 Å². The van der Waals surface area contributed by atoms with Crippen molar-refractivity contribution in [2.24, 2.45) is 4.99 Å². The average Bonchev–Trinajstić information content (AvgIpc) is 2.43. The molecule has 116 valence electrons. The molecule has 0 fully saturated rings. The van der Waals surface area contributed by atoms with Crippen LogP contribution < -0.4 is 0 Å². The molecule has 0 rings (SSSR count). The van der Waals surface area contributed by atoms with Gasteiger partial charge < -0.3 is 4.90 Å². The molecule has 0 aliphatic carbocycles. The Hall–Kier alpha value is -2.24. The lowest BCUT2D eigenvalue weighted by atomic mass is 10.3. The quantitative estimate of drug-likeness (QED) is 0.363. The molecule has 0 aromatic rings. The van der Waals surface area contributed by atoms with Gasteiger partial charge in [0.25, 0.3) is 0 Å². The second kappa shape index (κ2) is 8.84. The first-order valence-corrected chi connectivity index (χ1v) is 6.08. The first-order chi connectivity index (χ1) is 9.76. The Kier molecular flexibility index (Phi) is 7.89. The third-order valence-corrected chi connectivity index (χ3v) is 2.72. The second-order valence-corrected chi connectivity index (χ2v) is 4.13. The standard InChI is InChI=1S/C15H20F3N3/c1-7-11(3)21(15(17)18)12(4)9-10-20(6)13(5)14(16)19-8-2/h7-10,13,15H,1-4H2,5-6H3/b10-9-,19-14+. The Morgan fingerprint density at radius 2 is 1.76 bits per heavy atom. The molecule has 6 heteroatoms. The Balaban J connectivity index is 4.97. The summed E-state index contributed by atoms with van der Waals surface area (Å²) in [7, 11) is 1.58. The SMILES string of the molecule is C=C/N=C(/F)C(C)N(C)/C=C\C(=C)N(C(=C)C=C)C(F)F. The van der Waals surface area contributed by atoms with Crippen molar-refractivity contribution in [3.05, 3.63) is 62.3 Å². The van der Waals surface area contributed by atoms with E-state index in [1.165, 1.54) is 23.3 Å². The molecule has 0 bridgehead atoms. The molecule has 0 aromatic carbocycles. The monoisotopic (exact) mass is 299 g/mol. The maximum absolute atomic E-state index is 13.5. The normalized spacial score (nSPS) is 13.1. The molecule has 0 amide bonds. The fraction of sp³-hybridized carbons (Fsp3) is 0.267. The maximum atomic E-state index is 13.5. The Bertz CT molecular complexity index is 467. The lowest BCUT2D eigenvalue weighted by Crippen LogP contribution is -2.30. The molecule has 0 radical (unpaired) electrons. The highest BCUT2D eigenvalue weighted by Gasteiger charge is 2.18. The molecule has 0 N–H and O–H groups in total. The van der Waals surface area contributed by atoms with Gasteiger partial charge in [0.1, 0.15) is 0 Å². The van der Waals surface area contributed by atoms with Crippen LogP contribution in [-0.4, -0.2) is 35.4 Å². The zero-order valence-electron chi connectivity index (χ0n) is 12.3. The summed E-state index contributed by atoms with van der Waals surface area (Å²) in [6.07, 6.45) is 5.05. The summed E-state index contributed by atoms with van der Waals surface area (Å²) in [5.74, 6) is -0.635. The van der Waals surface area contributed by atoms with Crippen LogP contribution >= 0.6 is 0 Å². The molecule has 0 aliphatic rings. The van der Waals surface area contributed by atoms with Crippen molar-refractivity contribution in [1.29, 1.82) is 0 Å². The van der Waals surface area contributed by atoms with E-state index in [-0.39, 0.29) is 11.4 Å². The molecule has 21 heavy (non-hydrogen) atoms. The molecule has 3 nitrogen and oxygen atoms in total. The largest absolute Gasteiger partial charge is 0.370 e. The molecule has 1 unspecified atom stereocenters. The van der Waals surface area contributed by atoms with Crippen LogP contribution in [0.3, 0.4) is 0 Å². The smallest absolute Gasteiger partial charge is 0.319 e. The van der Waals surface area contributed by atoms with Crippen LogP contribution in [0.1, 0.15) is 6.92 Å². The summed E-state index contributed by atoms with van der Waals surface area (Å²) >= 11 is 0. The van der Waals surface area contributed by atoms with E-state index in [9.17, 15) is 13.2 Å². The highest BCUT2D eigenvalue weighted by Crippen LogP contribution is 2.19. The first kappa shape index (κ1) is 18.8. The van der Waals surface area contributed by atoms with Crippen LogP contribution in [0.25, 0.3) is 0 Å². The zero-order valence-corrected chi connectivity index (χ0v) is 12.3. The molecule has 0 spiro atoms. The number of hydrogen-bond donors (Lipinski definition) is 0. The Morgan fingerprint density at radius 1 is 1.19 bits per heavy atom. The van der Waals surface area contributed by atoms with Gasteiger partial charge in [-0.15, -0.1) is 0 Å². The fourth-order valence-electron chi connectivity index (χ4n) is 1.31. The maximum Gasteiger partial charge on any atom is 0.319 e. The predicted molar refractivity (Wildman–Crippen MR) is 81.4 cm³/mol. The Morgan fingerprint density at radius 3 is 2.19 bits per heavy atom. The lowest BCUT2D eigenvalue weighted by molar-refractivity contribution is 0.0249. The number of halogens is 3. The van der Waals surface area contributed by atoms with Crippen molar-refractivity contribution in [2.75, 3.05) is 7.05 Å². The molecule has 0 saturated heterocycles. The molecule has 0 aliphatic heterocycles. The fourth-order valence-corrected chi connectivity index (χ4v) is 1.31. The summed E-state index contributed by atoms with van der Waals surface area (Å²) < 4.78 is 39.3. The van der Waals surface area contributed by atoms with Gasteiger partial charge in [-0.05, 0) is 19.1 Å². The van der Waals surface area contributed by atoms with Crippen molar-refractivity contribution in [2.45, 2.75) is 19.5 Å². The third-order valence-electron chi connectivity index (χ3n) is 2.72. The summed E-state index contributed by atoms with van der Waals surface area (Å²) in [6.45, 7) is 12.5. The molecule has 0 saturated carbocycles. The summed E-state index contributed by atoms with van der Waals surface area (Å²) in [5.41, 5.74) is 0.0322. The van der Waals surface area contributed by atoms with Crippen LogP contribution in [-0.2, 0) is 0 Å². The van der Waals surface area contributed by atoms with Gasteiger partial charge in [0.2, 0.25) is 5.97 Å². The van der Waals surface area contributed by atoms with E-state index < -0.39 is 18.6 Å². The van der Waals surface area contributed by atoms with Gasteiger partial charge in [0, 0.05) is 30.8 Å². The van der Waals surface area contributed by atoms with E-state index >= 15 is 0 Å². The van der Waals surface area contributed by atoms with Gasteiger partial charge in [0.15, 0.2) is 0 Å². The summed E-state index contributed by atoms with van der Waals surface area (Å²) in [6, 6.07) is -0.658. The highest BCUT2D eigenvalue weighted by atomic mass is 19.3. The highest BCUT2D eigenvalue weighted by molar-refractivity contribution is 5.80. The number of hydrogen-bond acceptors (Lipinski definition) is 3. The van der Waals surface area contributed by atoms with E-state index in [0.717, 1.165) is 6.20 Å². The van der Waals surface area contributed by atoms with Gasteiger partial charge in [-0.25, -0.2) is 4.99 Å². The van der Waals surface area contributed by atoms with Crippen LogP contribution in [0.15, 0.2) is 67.3 Å². The van der Waals surface area contributed by atoms with E-state index in [1.807, 2.05) is 0 Å². The summed E-state index contributed by atoms with van der Waals surface area (Å²) in [5, 5.41) is 0. The minimum absolute atomic E-state index is 0.00928. The van der Waals surface area contributed by atoms with Gasteiger partial charge in [-0.2, -0.15) is 13.2 Å². The number of rotatable bonds is 9. The van der Waals surface area contributed by atoms with Gasteiger partial charge in [0.05, 0.1) is 6.04 Å². The number of allylic oxidation sites excluding steroid dienone is 2.